The number of hydrogen-bond acceptors (Lipinski definition) is 2. The zero-order valence-electron chi connectivity index (χ0n) is 13.0. The number of carbonyl (C=O) groups is 1. The molecular formula is C18H21BrN2O. The molecule has 0 aliphatic rings. The largest absolute Gasteiger partial charge is 0.351 e. The fourth-order valence-electron chi connectivity index (χ4n) is 2.31. The highest BCUT2D eigenvalue weighted by atomic mass is 79.9. The molecule has 0 aliphatic heterocycles. The van der Waals surface area contributed by atoms with Gasteiger partial charge in [0.1, 0.15) is 0 Å². The molecule has 2 rings (SSSR count). The normalized spacial score (nSPS) is 10.7. The minimum absolute atomic E-state index is 0.0156. The van der Waals surface area contributed by atoms with Gasteiger partial charge in [-0.05, 0) is 43.3 Å². The van der Waals surface area contributed by atoms with Crippen LogP contribution in [0.25, 0.3) is 0 Å². The molecule has 1 amide bonds. The van der Waals surface area contributed by atoms with Gasteiger partial charge in [-0.2, -0.15) is 0 Å². The van der Waals surface area contributed by atoms with Gasteiger partial charge in [0.25, 0.3) is 5.91 Å². The molecule has 0 aromatic heterocycles. The second kappa shape index (κ2) is 8.11. The molecule has 0 radical (unpaired) electrons. The van der Waals surface area contributed by atoms with Crippen molar-refractivity contribution in [2.24, 2.45) is 0 Å². The molecular weight excluding hydrogens is 340 g/mol. The van der Waals surface area contributed by atoms with E-state index in [9.17, 15) is 4.79 Å². The van der Waals surface area contributed by atoms with Gasteiger partial charge in [-0.25, -0.2) is 0 Å². The number of rotatable bonds is 6. The van der Waals surface area contributed by atoms with Crippen LogP contribution >= 0.6 is 15.9 Å². The Hall–Kier alpha value is -1.65. The topological polar surface area (TPSA) is 32.3 Å². The second-order valence-electron chi connectivity index (χ2n) is 5.44. The average molecular weight is 361 g/mol. The number of nitrogens with one attached hydrogen (secondary N) is 1. The van der Waals surface area contributed by atoms with Crippen molar-refractivity contribution in [2.75, 3.05) is 20.1 Å². The van der Waals surface area contributed by atoms with E-state index < -0.39 is 0 Å². The first-order valence-corrected chi connectivity index (χ1v) is 8.12. The molecule has 0 aliphatic carbocycles. The molecule has 3 nitrogen and oxygen atoms in total. The number of benzene rings is 2. The molecule has 0 saturated heterocycles. The third-order valence-electron chi connectivity index (χ3n) is 3.51. The summed E-state index contributed by atoms with van der Waals surface area (Å²) in [6.07, 6.45) is 0. The summed E-state index contributed by atoms with van der Waals surface area (Å²) in [5, 5.41) is 2.98. The van der Waals surface area contributed by atoms with Crippen molar-refractivity contribution < 1.29 is 4.79 Å². The summed E-state index contributed by atoms with van der Waals surface area (Å²) < 4.78 is 0.990. The minimum Gasteiger partial charge on any atom is -0.351 e. The summed E-state index contributed by atoms with van der Waals surface area (Å²) in [7, 11) is 2.06. The number of amides is 1. The Balaban J connectivity index is 1.79. The first kappa shape index (κ1) is 16.7. The van der Waals surface area contributed by atoms with Crippen LogP contribution in [-0.2, 0) is 6.54 Å². The van der Waals surface area contributed by atoms with Crippen LogP contribution in [0.3, 0.4) is 0 Å². The van der Waals surface area contributed by atoms with E-state index in [1.165, 1.54) is 5.56 Å². The van der Waals surface area contributed by atoms with Crippen LogP contribution in [0, 0.1) is 6.92 Å². The maximum absolute atomic E-state index is 12.2. The molecule has 0 saturated carbocycles. The van der Waals surface area contributed by atoms with E-state index in [1.807, 2.05) is 43.3 Å². The van der Waals surface area contributed by atoms with Crippen molar-refractivity contribution in [3.05, 3.63) is 69.7 Å². The summed E-state index contributed by atoms with van der Waals surface area (Å²) in [6.45, 7) is 4.28. The first-order chi connectivity index (χ1) is 10.6. The Morgan fingerprint density at radius 3 is 2.59 bits per heavy atom. The van der Waals surface area contributed by atoms with Gasteiger partial charge < -0.3 is 10.2 Å². The average Bonchev–Trinajstić information content (AvgIpc) is 2.48. The lowest BCUT2D eigenvalue weighted by atomic mass is 10.1. The monoisotopic (exact) mass is 360 g/mol. The zero-order chi connectivity index (χ0) is 15.9. The van der Waals surface area contributed by atoms with Crippen molar-refractivity contribution in [2.45, 2.75) is 13.5 Å². The van der Waals surface area contributed by atoms with Crippen LogP contribution in [0.5, 0.6) is 0 Å². The molecule has 0 fully saturated rings. The van der Waals surface area contributed by atoms with Gasteiger partial charge in [0.15, 0.2) is 0 Å². The molecule has 0 spiro atoms. The lowest BCUT2D eigenvalue weighted by Gasteiger charge is -2.17. The predicted molar refractivity (Wildman–Crippen MR) is 94.0 cm³/mol. The van der Waals surface area contributed by atoms with Crippen molar-refractivity contribution in [3.63, 3.8) is 0 Å². The molecule has 0 bridgehead atoms. The van der Waals surface area contributed by atoms with Gasteiger partial charge in [0.05, 0.1) is 0 Å². The number of nitrogens with zero attached hydrogens (tertiary/aromatic N) is 1. The van der Waals surface area contributed by atoms with E-state index in [-0.39, 0.29) is 5.91 Å². The molecule has 0 heterocycles. The quantitative estimate of drug-likeness (QED) is 0.852. The first-order valence-electron chi connectivity index (χ1n) is 7.33. The SMILES string of the molecule is Cc1cc(Br)ccc1C(=O)NCCN(C)Cc1ccccc1. The van der Waals surface area contributed by atoms with Crippen molar-refractivity contribution in [1.29, 1.82) is 0 Å². The highest BCUT2D eigenvalue weighted by molar-refractivity contribution is 9.10. The Kier molecular flexibility index (Phi) is 6.16. The van der Waals surface area contributed by atoms with Crippen LogP contribution in [0.15, 0.2) is 53.0 Å². The van der Waals surface area contributed by atoms with Gasteiger partial charge in [0.2, 0.25) is 0 Å². The smallest absolute Gasteiger partial charge is 0.251 e. The van der Waals surface area contributed by atoms with E-state index >= 15 is 0 Å². The van der Waals surface area contributed by atoms with Crippen LogP contribution in [-0.4, -0.2) is 30.9 Å². The fraction of sp³-hybridized carbons (Fsp3) is 0.278. The number of aryl methyl sites for hydroxylation is 1. The molecule has 4 heteroatoms. The zero-order valence-corrected chi connectivity index (χ0v) is 14.6. The number of hydrogen-bond donors (Lipinski definition) is 1. The van der Waals surface area contributed by atoms with E-state index in [1.54, 1.807) is 0 Å². The van der Waals surface area contributed by atoms with E-state index in [4.69, 9.17) is 0 Å². The predicted octanol–water partition coefficient (Wildman–Crippen LogP) is 3.62. The Morgan fingerprint density at radius 1 is 1.18 bits per heavy atom. The summed E-state index contributed by atoms with van der Waals surface area (Å²) in [6, 6.07) is 16.0. The molecule has 22 heavy (non-hydrogen) atoms. The molecule has 2 aromatic carbocycles. The van der Waals surface area contributed by atoms with E-state index in [0.717, 1.165) is 28.7 Å². The van der Waals surface area contributed by atoms with Gasteiger partial charge in [-0.3, -0.25) is 4.79 Å². The molecule has 1 N–H and O–H groups in total. The molecule has 2 aromatic rings. The van der Waals surface area contributed by atoms with Crippen LogP contribution in [0.1, 0.15) is 21.5 Å². The highest BCUT2D eigenvalue weighted by Crippen LogP contribution is 2.15. The summed E-state index contributed by atoms with van der Waals surface area (Å²) in [5.41, 5.74) is 2.98. The number of carbonyl (C=O) groups excluding carboxylic acids is 1. The lowest BCUT2D eigenvalue weighted by Crippen LogP contribution is -2.33. The molecule has 0 unspecified atom stereocenters. The maximum Gasteiger partial charge on any atom is 0.251 e. The van der Waals surface area contributed by atoms with Gasteiger partial charge in [0, 0.05) is 29.7 Å². The highest BCUT2D eigenvalue weighted by Gasteiger charge is 2.09. The van der Waals surface area contributed by atoms with E-state index in [0.29, 0.717) is 6.54 Å². The van der Waals surface area contributed by atoms with Crippen molar-refractivity contribution >= 4 is 21.8 Å². The van der Waals surface area contributed by atoms with Gasteiger partial charge in [-0.1, -0.05) is 46.3 Å². The van der Waals surface area contributed by atoms with E-state index in [2.05, 4.69) is 45.3 Å². The standard InChI is InChI=1S/C18H21BrN2O/c1-14-12-16(19)8-9-17(14)18(22)20-10-11-21(2)13-15-6-4-3-5-7-15/h3-9,12H,10-11,13H2,1-2H3,(H,20,22). The number of likely N-dealkylation sites (N-methyl/N-ethyl adjacent to an activating group) is 1. The van der Waals surface area contributed by atoms with Gasteiger partial charge >= 0.3 is 0 Å². The summed E-state index contributed by atoms with van der Waals surface area (Å²) in [4.78, 5) is 14.4. The van der Waals surface area contributed by atoms with Crippen molar-refractivity contribution in [1.82, 2.24) is 10.2 Å². The maximum atomic E-state index is 12.2. The second-order valence-corrected chi connectivity index (χ2v) is 6.35. The minimum atomic E-state index is -0.0156. The molecule has 0 atom stereocenters. The Labute approximate surface area is 140 Å². The fourth-order valence-corrected chi connectivity index (χ4v) is 2.79. The summed E-state index contributed by atoms with van der Waals surface area (Å²) >= 11 is 3.41. The third kappa shape index (κ3) is 4.97. The van der Waals surface area contributed by atoms with Crippen LogP contribution in [0.4, 0.5) is 0 Å². The molecule has 116 valence electrons. The van der Waals surface area contributed by atoms with Crippen LogP contribution in [0.2, 0.25) is 0 Å². The Bertz CT molecular complexity index is 628. The number of halogens is 1. The lowest BCUT2D eigenvalue weighted by molar-refractivity contribution is 0.0949. The summed E-state index contributed by atoms with van der Waals surface area (Å²) in [5.74, 6) is -0.0156. The third-order valence-corrected chi connectivity index (χ3v) is 4.00. The van der Waals surface area contributed by atoms with Gasteiger partial charge in [-0.15, -0.1) is 0 Å². The Morgan fingerprint density at radius 2 is 1.91 bits per heavy atom. The van der Waals surface area contributed by atoms with Crippen LogP contribution < -0.4 is 5.32 Å². The van der Waals surface area contributed by atoms with Crippen molar-refractivity contribution in [3.8, 4) is 0 Å².